The molecule has 0 spiro atoms. The van der Waals surface area contributed by atoms with Gasteiger partial charge in [-0.3, -0.25) is 4.79 Å². The first kappa shape index (κ1) is 19.8. The molecular weight excluding hydrogens is 394 g/mol. The van der Waals surface area contributed by atoms with Gasteiger partial charge in [-0.1, -0.05) is 12.1 Å². The van der Waals surface area contributed by atoms with Gasteiger partial charge < -0.3 is 19.3 Å². The van der Waals surface area contributed by atoms with Gasteiger partial charge in [-0.15, -0.1) is 0 Å². The average molecular weight is 422 g/mol. The van der Waals surface area contributed by atoms with Crippen molar-refractivity contribution in [2.24, 2.45) is 11.8 Å². The van der Waals surface area contributed by atoms with Gasteiger partial charge in [-0.2, -0.15) is 10.1 Å². The highest BCUT2D eigenvalue weighted by atomic mass is 16.4. The second-order valence-corrected chi connectivity index (χ2v) is 9.06. The Morgan fingerprint density at radius 1 is 1.13 bits per heavy atom. The van der Waals surface area contributed by atoms with Gasteiger partial charge in [0.2, 0.25) is 0 Å². The van der Waals surface area contributed by atoms with Gasteiger partial charge >= 0.3 is 0 Å². The molecule has 2 aromatic heterocycles. The van der Waals surface area contributed by atoms with Crippen molar-refractivity contribution in [3.63, 3.8) is 0 Å². The zero-order chi connectivity index (χ0) is 21.8. The van der Waals surface area contributed by atoms with Crippen LogP contribution in [0.4, 0.5) is 6.01 Å². The van der Waals surface area contributed by atoms with Crippen molar-refractivity contribution >= 4 is 11.9 Å². The molecular formula is C23H27N5O3. The molecule has 2 fully saturated rings. The Morgan fingerprint density at radius 2 is 1.84 bits per heavy atom. The standard InChI is InChI=1S/C23H27N5O3/c1-15-20(23(2,3)30)25-22(31-15)27-13-16-11-26(12-17(16)14-27)21(29)18-7-4-5-8-19(18)28-10-6-9-24-28/h4-10,16-17,30H,11-14H2,1-3H3. The van der Waals surface area contributed by atoms with Crippen LogP contribution < -0.4 is 4.90 Å². The number of carbonyl (C=O) groups is 1. The van der Waals surface area contributed by atoms with Crippen molar-refractivity contribution in [1.29, 1.82) is 0 Å². The van der Waals surface area contributed by atoms with Gasteiger partial charge in [-0.05, 0) is 39.0 Å². The zero-order valence-electron chi connectivity index (χ0n) is 18.0. The van der Waals surface area contributed by atoms with E-state index in [9.17, 15) is 9.90 Å². The van der Waals surface area contributed by atoms with Crippen LogP contribution in [0.15, 0.2) is 47.1 Å². The first-order valence-corrected chi connectivity index (χ1v) is 10.6. The molecule has 0 radical (unpaired) electrons. The Hall–Kier alpha value is -3.13. The third kappa shape index (κ3) is 3.50. The van der Waals surface area contributed by atoms with Gasteiger partial charge in [0.1, 0.15) is 17.1 Å². The molecule has 8 heteroatoms. The number of hydrogen-bond acceptors (Lipinski definition) is 6. The fourth-order valence-electron chi connectivity index (χ4n) is 4.84. The number of rotatable bonds is 4. The van der Waals surface area contributed by atoms with E-state index in [1.807, 2.05) is 48.4 Å². The third-order valence-corrected chi connectivity index (χ3v) is 6.29. The van der Waals surface area contributed by atoms with Crippen molar-refractivity contribution in [3.8, 4) is 5.69 Å². The van der Waals surface area contributed by atoms with Crippen LogP contribution in [0.5, 0.6) is 0 Å². The van der Waals surface area contributed by atoms with E-state index in [0.29, 0.717) is 48.0 Å². The van der Waals surface area contributed by atoms with Crippen LogP contribution in [-0.2, 0) is 5.60 Å². The molecule has 1 amide bonds. The molecule has 2 aliphatic heterocycles. The average Bonchev–Trinajstić information content (AvgIpc) is 3.49. The lowest BCUT2D eigenvalue weighted by molar-refractivity contribution is 0.0727. The summed E-state index contributed by atoms with van der Waals surface area (Å²) >= 11 is 0. The maximum absolute atomic E-state index is 13.3. The van der Waals surface area contributed by atoms with Crippen molar-refractivity contribution in [2.75, 3.05) is 31.1 Å². The fourth-order valence-corrected chi connectivity index (χ4v) is 4.84. The predicted octanol–water partition coefficient (Wildman–Crippen LogP) is 2.60. The van der Waals surface area contributed by atoms with Gasteiger partial charge in [0, 0.05) is 50.4 Å². The van der Waals surface area contributed by atoms with E-state index in [2.05, 4.69) is 15.0 Å². The lowest BCUT2D eigenvalue weighted by atomic mass is 10.0. The number of nitrogens with zero attached hydrogens (tertiary/aromatic N) is 5. The van der Waals surface area contributed by atoms with E-state index < -0.39 is 5.60 Å². The number of anilines is 1. The van der Waals surface area contributed by atoms with Crippen molar-refractivity contribution in [3.05, 3.63) is 59.7 Å². The quantitative estimate of drug-likeness (QED) is 0.697. The highest BCUT2D eigenvalue weighted by Gasteiger charge is 2.43. The summed E-state index contributed by atoms with van der Waals surface area (Å²) in [6.07, 6.45) is 3.56. The molecule has 5 rings (SSSR count). The van der Waals surface area contributed by atoms with Crippen molar-refractivity contribution in [1.82, 2.24) is 19.7 Å². The Bertz CT molecular complexity index is 1080. The Kier molecular flexibility index (Phi) is 4.62. The number of benzene rings is 1. The molecule has 2 unspecified atom stereocenters. The monoisotopic (exact) mass is 421 g/mol. The number of aryl methyl sites for hydroxylation is 1. The predicted molar refractivity (Wildman–Crippen MR) is 115 cm³/mol. The summed E-state index contributed by atoms with van der Waals surface area (Å²) in [5, 5.41) is 14.6. The van der Waals surface area contributed by atoms with Crippen molar-refractivity contribution < 1.29 is 14.3 Å². The number of aliphatic hydroxyl groups is 1. The maximum atomic E-state index is 13.3. The number of hydrogen-bond donors (Lipinski definition) is 1. The minimum atomic E-state index is -1.04. The number of fused-ring (bicyclic) bond motifs is 1. The Labute approximate surface area is 181 Å². The van der Waals surface area contributed by atoms with Gasteiger partial charge in [0.15, 0.2) is 0 Å². The summed E-state index contributed by atoms with van der Waals surface area (Å²) in [6, 6.07) is 10.0. The zero-order valence-corrected chi connectivity index (χ0v) is 18.0. The molecule has 162 valence electrons. The SMILES string of the molecule is Cc1oc(N2CC3CN(C(=O)c4ccccc4-n4cccn4)CC3C2)nc1C(C)(C)O. The van der Waals surface area contributed by atoms with Crippen LogP contribution in [0.25, 0.3) is 5.69 Å². The number of aromatic nitrogens is 3. The molecule has 31 heavy (non-hydrogen) atoms. The summed E-state index contributed by atoms with van der Waals surface area (Å²) in [4.78, 5) is 22.0. The van der Waals surface area contributed by atoms with Crippen LogP contribution >= 0.6 is 0 Å². The molecule has 2 saturated heterocycles. The molecule has 0 bridgehead atoms. The smallest absolute Gasteiger partial charge is 0.297 e. The second-order valence-electron chi connectivity index (χ2n) is 9.06. The first-order valence-electron chi connectivity index (χ1n) is 10.6. The molecule has 2 aliphatic rings. The molecule has 3 aromatic rings. The molecule has 4 heterocycles. The normalized spacial score (nSPS) is 21.0. The minimum absolute atomic E-state index is 0.0448. The van der Waals surface area contributed by atoms with Crippen LogP contribution in [0.1, 0.15) is 35.7 Å². The summed E-state index contributed by atoms with van der Waals surface area (Å²) in [5.41, 5.74) is 1.01. The maximum Gasteiger partial charge on any atom is 0.297 e. The molecule has 0 saturated carbocycles. The van der Waals surface area contributed by atoms with Crippen LogP contribution in [-0.4, -0.2) is 56.9 Å². The topological polar surface area (TPSA) is 87.6 Å². The number of oxazole rings is 1. The lowest BCUT2D eigenvalue weighted by Crippen LogP contribution is -2.34. The van der Waals surface area contributed by atoms with E-state index >= 15 is 0 Å². The molecule has 1 aromatic carbocycles. The van der Waals surface area contributed by atoms with Crippen LogP contribution in [0.3, 0.4) is 0 Å². The summed E-state index contributed by atoms with van der Waals surface area (Å²) < 4.78 is 7.59. The molecule has 2 atom stereocenters. The highest BCUT2D eigenvalue weighted by molar-refractivity contribution is 5.98. The van der Waals surface area contributed by atoms with E-state index in [1.165, 1.54) is 0 Å². The van der Waals surface area contributed by atoms with E-state index in [-0.39, 0.29) is 5.91 Å². The number of amides is 1. The van der Waals surface area contributed by atoms with Gasteiger partial charge in [0.05, 0.1) is 11.3 Å². The van der Waals surface area contributed by atoms with Gasteiger partial charge in [0.25, 0.3) is 11.9 Å². The van der Waals surface area contributed by atoms with Gasteiger partial charge in [-0.25, -0.2) is 4.68 Å². The molecule has 8 nitrogen and oxygen atoms in total. The third-order valence-electron chi connectivity index (χ3n) is 6.29. The first-order chi connectivity index (χ1) is 14.8. The van der Waals surface area contributed by atoms with E-state index in [0.717, 1.165) is 18.8 Å². The van der Waals surface area contributed by atoms with Crippen LogP contribution in [0, 0.1) is 18.8 Å². The summed E-state index contributed by atoms with van der Waals surface area (Å²) in [7, 11) is 0. The largest absolute Gasteiger partial charge is 0.429 e. The van der Waals surface area contributed by atoms with E-state index in [4.69, 9.17) is 4.42 Å². The number of likely N-dealkylation sites (tertiary alicyclic amines) is 1. The number of para-hydroxylation sites is 1. The number of carbonyl (C=O) groups excluding carboxylic acids is 1. The Morgan fingerprint density at radius 3 is 2.45 bits per heavy atom. The Balaban J connectivity index is 1.30. The van der Waals surface area contributed by atoms with E-state index in [1.54, 1.807) is 24.7 Å². The van der Waals surface area contributed by atoms with Crippen molar-refractivity contribution in [2.45, 2.75) is 26.4 Å². The summed E-state index contributed by atoms with van der Waals surface area (Å²) in [5.74, 6) is 1.44. The second kappa shape index (κ2) is 7.23. The molecule has 1 N–H and O–H groups in total. The highest BCUT2D eigenvalue weighted by Crippen LogP contribution is 2.36. The minimum Gasteiger partial charge on any atom is -0.429 e. The lowest BCUT2D eigenvalue weighted by Gasteiger charge is -2.22. The van der Waals surface area contributed by atoms with Crippen LogP contribution in [0.2, 0.25) is 0 Å². The fraction of sp³-hybridized carbons (Fsp3) is 0.435. The molecule has 0 aliphatic carbocycles. The summed E-state index contributed by atoms with van der Waals surface area (Å²) in [6.45, 7) is 8.27.